The normalized spacial score (nSPS) is 24.9. The van der Waals surface area contributed by atoms with Crippen LogP contribution in [0.3, 0.4) is 0 Å². The Morgan fingerprint density at radius 1 is 1.48 bits per heavy atom. The van der Waals surface area contributed by atoms with Gasteiger partial charge in [-0.25, -0.2) is 0 Å². The van der Waals surface area contributed by atoms with Crippen molar-refractivity contribution in [3.05, 3.63) is 22.7 Å². The fourth-order valence-corrected chi connectivity index (χ4v) is 3.53. The smallest absolute Gasteiger partial charge is 0.245 e. The average Bonchev–Trinajstić information content (AvgIpc) is 2.74. The summed E-state index contributed by atoms with van der Waals surface area (Å²) in [6.07, 6.45) is 3.05. The van der Waals surface area contributed by atoms with E-state index < -0.39 is 6.04 Å². The Morgan fingerprint density at radius 2 is 2.29 bits per heavy atom. The molecule has 0 aromatic heterocycles. The molecule has 21 heavy (non-hydrogen) atoms. The Hall–Kier alpha value is -1.30. The van der Waals surface area contributed by atoms with Crippen LogP contribution in [0.15, 0.2) is 12.1 Å². The van der Waals surface area contributed by atoms with Gasteiger partial charge in [-0.15, -0.1) is 0 Å². The lowest BCUT2D eigenvalue weighted by Crippen LogP contribution is -2.36. The Labute approximate surface area is 129 Å². The minimum absolute atomic E-state index is 0.185. The summed E-state index contributed by atoms with van der Waals surface area (Å²) >= 11 is 6.39. The second-order valence-electron chi connectivity index (χ2n) is 5.82. The molecule has 2 atom stereocenters. The summed E-state index contributed by atoms with van der Waals surface area (Å²) in [4.78, 5) is 13.9. The maximum Gasteiger partial charge on any atom is 0.245 e. The molecular weight excluding hydrogens is 290 g/mol. The number of halogens is 1. The van der Waals surface area contributed by atoms with E-state index in [-0.39, 0.29) is 12.5 Å². The second-order valence-corrected chi connectivity index (χ2v) is 6.23. The van der Waals surface area contributed by atoms with Gasteiger partial charge < -0.3 is 21.1 Å². The molecule has 1 saturated heterocycles. The minimum atomic E-state index is -0.630. The molecule has 0 radical (unpaired) electrons. The average molecular weight is 310 g/mol. The highest BCUT2D eigenvalue weighted by atomic mass is 35.5. The fraction of sp³-hybridized carbons (Fsp3) is 0.533. The van der Waals surface area contributed by atoms with Gasteiger partial charge in [-0.2, -0.15) is 0 Å². The number of carbonyl (C=O) groups is 1. The summed E-state index contributed by atoms with van der Waals surface area (Å²) in [7, 11) is 0. The van der Waals surface area contributed by atoms with Crippen molar-refractivity contribution in [2.45, 2.75) is 25.3 Å². The highest BCUT2D eigenvalue weighted by Crippen LogP contribution is 2.39. The molecule has 0 saturated carbocycles. The van der Waals surface area contributed by atoms with Crippen LogP contribution in [0.1, 0.15) is 30.9 Å². The highest BCUT2D eigenvalue weighted by molar-refractivity contribution is 6.33. The molecule has 4 N–H and O–H groups in total. The fourth-order valence-electron chi connectivity index (χ4n) is 3.24. The maximum atomic E-state index is 11.6. The van der Waals surface area contributed by atoms with Crippen LogP contribution in [0.5, 0.6) is 0 Å². The van der Waals surface area contributed by atoms with Crippen molar-refractivity contribution in [1.29, 1.82) is 0 Å². The number of aliphatic hydroxyl groups is 1. The summed E-state index contributed by atoms with van der Waals surface area (Å²) in [6.45, 7) is 2.06. The van der Waals surface area contributed by atoms with Crippen LogP contribution in [0.25, 0.3) is 0 Å². The molecular formula is C15H20ClN3O2. The molecule has 6 heteroatoms. The van der Waals surface area contributed by atoms with Crippen LogP contribution in [0.2, 0.25) is 5.02 Å². The Bertz CT molecular complexity index is 562. The van der Waals surface area contributed by atoms with Gasteiger partial charge in [0.05, 0.1) is 10.7 Å². The number of rotatable bonds is 3. The molecule has 0 bridgehead atoms. The minimum Gasteiger partial charge on any atom is -0.396 e. The third kappa shape index (κ3) is 2.73. The molecule has 114 valence electrons. The molecule has 1 amide bonds. The van der Waals surface area contributed by atoms with Gasteiger partial charge in [-0.05, 0) is 37.3 Å². The van der Waals surface area contributed by atoms with Crippen molar-refractivity contribution in [2.24, 2.45) is 11.7 Å². The van der Waals surface area contributed by atoms with Crippen molar-refractivity contribution in [3.8, 4) is 0 Å². The lowest BCUT2D eigenvalue weighted by molar-refractivity contribution is -0.116. The molecule has 1 aromatic rings. The molecule has 5 nitrogen and oxygen atoms in total. The Morgan fingerprint density at radius 3 is 3.05 bits per heavy atom. The number of hydrogen-bond acceptors (Lipinski definition) is 4. The largest absolute Gasteiger partial charge is 0.396 e. The van der Waals surface area contributed by atoms with E-state index in [1.807, 2.05) is 6.07 Å². The SMILES string of the molecule is NC1C(=O)Nc2cc(N3CCCC(CCO)C3)c(Cl)cc21. The van der Waals surface area contributed by atoms with E-state index in [9.17, 15) is 4.79 Å². The second kappa shape index (κ2) is 5.83. The number of amides is 1. The third-order valence-corrected chi connectivity index (χ3v) is 4.69. The van der Waals surface area contributed by atoms with E-state index in [0.717, 1.165) is 49.3 Å². The molecule has 1 fully saturated rings. The number of aliphatic hydroxyl groups excluding tert-OH is 1. The first-order chi connectivity index (χ1) is 10.1. The molecule has 0 aliphatic carbocycles. The first kappa shape index (κ1) is 14.6. The van der Waals surface area contributed by atoms with Crippen LogP contribution in [-0.2, 0) is 4.79 Å². The number of piperidine rings is 1. The quantitative estimate of drug-likeness (QED) is 0.797. The summed E-state index contributed by atoms with van der Waals surface area (Å²) < 4.78 is 0. The molecule has 2 aliphatic heterocycles. The lowest BCUT2D eigenvalue weighted by Gasteiger charge is -2.35. The number of nitrogens with zero attached hydrogens (tertiary/aromatic N) is 1. The number of benzene rings is 1. The van der Waals surface area contributed by atoms with Crippen LogP contribution >= 0.6 is 11.6 Å². The van der Waals surface area contributed by atoms with Gasteiger partial charge in [-0.3, -0.25) is 4.79 Å². The zero-order valence-corrected chi connectivity index (χ0v) is 12.6. The van der Waals surface area contributed by atoms with Crippen molar-refractivity contribution in [3.63, 3.8) is 0 Å². The predicted octanol–water partition coefficient (Wildman–Crippen LogP) is 1.89. The number of nitrogens with one attached hydrogen (secondary N) is 1. The summed E-state index contributed by atoms with van der Waals surface area (Å²) in [5.74, 6) is 0.305. The molecule has 2 heterocycles. The topological polar surface area (TPSA) is 78.6 Å². The molecule has 0 spiro atoms. The van der Waals surface area contributed by atoms with Gasteiger partial charge in [0, 0.05) is 30.9 Å². The zero-order valence-electron chi connectivity index (χ0n) is 11.8. The predicted molar refractivity (Wildman–Crippen MR) is 83.6 cm³/mol. The number of hydrogen-bond donors (Lipinski definition) is 3. The van der Waals surface area contributed by atoms with Gasteiger partial charge in [-0.1, -0.05) is 11.6 Å². The number of fused-ring (bicyclic) bond motifs is 1. The van der Waals surface area contributed by atoms with Crippen molar-refractivity contribution >= 4 is 28.9 Å². The standard InChI is InChI=1S/C15H20ClN3O2/c16-11-6-10-12(18-15(21)14(10)17)7-13(11)19-4-1-2-9(8-19)3-5-20/h6-7,9,14,20H,1-5,8,17H2,(H,18,21). The summed E-state index contributed by atoms with van der Waals surface area (Å²) in [6, 6.07) is 3.09. The molecule has 2 unspecified atom stereocenters. The summed E-state index contributed by atoms with van der Waals surface area (Å²) in [5.41, 5.74) is 8.30. The van der Waals surface area contributed by atoms with Crippen LogP contribution in [-0.4, -0.2) is 30.7 Å². The molecule has 1 aromatic carbocycles. The van der Waals surface area contributed by atoms with Gasteiger partial charge in [0.2, 0.25) is 5.91 Å². The van der Waals surface area contributed by atoms with E-state index in [0.29, 0.717) is 10.9 Å². The molecule has 3 rings (SSSR count). The zero-order chi connectivity index (χ0) is 15.0. The summed E-state index contributed by atoms with van der Waals surface area (Å²) in [5, 5.41) is 12.5. The third-order valence-electron chi connectivity index (χ3n) is 4.39. The van der Waals surface area contributed by atoms with E-state index >= 15 is 0 Å². The van der Waals surface area contributed by atoms with Gasteiger partial charge in [0.1, 0.15) is 6.04 Å². The number of nitrogens with two attached hydrogens (primary N) is 1. The monoisotopic (exact) mass is 309 g/mol. The van der Waals surface area contributed by atoms with Crippen LogP contribution in [0, 0.1) is 5.92 Å². The van der Waals surface area contributed by atoms with Crippen molar-refractivity contribution < 1.29 is 9.90 Å². The first-order valence-corrected chi connectivity index (χ1v) is 7.73. The van der Waals surface area contributed by atoms with Gasteiger partial charge >= 0.3 is 0 Å². The number of carbonyl (C=O) groups excluding carboxylic acids is 1. The van der Waals surface area contributed by atoms with E-state index in [1.165, 1.54) is 0 Å². The maximum absolute atomic E-state index is 11.6. The van der Waals surface area contributed by atoms with E-state index in [4.69, 9.17) is 22.4 Å². The van der Waals surface area contributed by atoms with Gasteiger partial charge in [0.25, 0.3) is 0 Å². The van der Waals surface area contributed by atoms with Gasteiger partial charge in [0.15, 0.2) is 0 Å². The van der Waals surface area contributed by atoms with Crippen molar-refractivity contribution in [2.75, 3.05) is 29.9 Å². The lowest BCUT2D eigenvalue weighted by atomic mass is 9.94. The van der Waals surface area contributed by atoms with Crippen molar-refractivity contribution in [1.82, 2.24) is 0 Å². The Kier molecular flexibility index (Phi) is 4.06. The van der Waals surface area contributed by atoms with Crippen LogP contribution in [0.4, 0.5) is 11.4 Å². The van der Waals surface area contributed by atoms with E-state index in [2.05, 4.69) is 10.2 Å². The molecule has 2 aliphatic rings. The number of anilines is 2. The Balaban J connectivity index is 1.86. The van der Waals surface area contributed by atoms with E-state index in [1.54, 1.807) is 6.07 Å². The first-order valence-electron chi connectivity index (χ1n) is 7.36. The highest BCUT2D eigenvalue weighted by Gasteiger charge is 2.30. The van der Waals surface area contributed by atoms with Crippen LogP contribution < -0.4 is 16.0 Å².